The van der Waals surface area contributed by atoms with Crippen LogP contribution in [0.4, 0.5) is 0 Å². The fraction of sp³-hybridized carbons (Fsp3) is 0.571. The quantitative estimate of drug-likeness (QED) is 0.0622. The maximum absolute atomic E-state index is 13.3. The van der Waals surface area contributed by atoms with Crippen LogP contribution in [0.5, 0.6) is 23.0 Å². The zero-order valence-corrected chi connectivity index (χ0v) is 29.1. The van der Waals surface area contributed by atoms with Gasteiger partial charge in [0.2, 0.25) is 0 Å². The van der Waals surface area contributed by atoms with Crippen LogP contribution in [0.25, 0.3) is 6.08 Å². The molecule has 300 valence electrons. The van der Waals surface area contributed by atoms with Gasteiger partial charge in [-0.1, -0.05) is 12.1 Å². The van der Waals surface area contributed by atoms with Gasteiger partial charge in [-0.05, 0) is 61.7 Å². The Kier molecular flexibility index (Phi) is 13.7. The lowest BCUT2D eigenvalue weighted by Crippen LogP contribution is -2.65. The second-order valence-corrected chi connectivity index (χ2v) is 13.3. The first-order valence-corrected chi connectivity index (χ1v) is 17.1. The summed E-state index contributed by atoms with van der Waals surface area (Å²) < 4.78 is 40.4. The molecule has 2 aromatic rings. The van der Waals surface area contributed by atoms with E-state index in [2.05, 4.69) is 0 Å². The minimum Gasteiger partial charge on any atom is -0.504 e. The Morgan fingerprint density at radius 2 is 1.22 bits per heavy atom. The molecule has 19 heteroatoms. The Morgan fingerprint density at radius 1 is 0.648 bits per heavy atom. The Bertz CT molecular complexity index is 1590. The molecule has 0 spiro atoms. The largest absolute Gasteiger partial charge is 0.504 e. The summed E-state index contributed by atoms with van der Waals surface area (Å²) >= 11 is 0. The van der Waals surface area contributed by atoms with E-state index >= 15 is 0 Å². The summed E-state index contributed by atoms with van der Waals surface area (Å²) in [5.74, 6) is -2.62. The molecule has 0 radical (unpaired) electrons. The monoisotopic (exact) mass is 770 g/mol. The maximum Gasteiger partial charge on any atom is 0.331 e. The fourth-order valence-electron chi connectivity index (χ4n) is 6.08. The third kappa shape index (κ3) is 9.58. The molecule has 3 fully saturated rings. The van der Waals surface area contributed by atoms with Crippen LogP contribution in [0.2, 0.25) is 0 Å². The van der Waals surface area contributed by atoms with Crippen LogP contribution >= 0.6 is 0 Å². The number of phenols is 4. The molecule has 7 unspecified atom stereocenters. The molecular weight excluding hydrogens is 724 g/mol. The van der Waals surface area contributed by atoms with Crippen LogP contribution in [0.15, 0.2) is 42.5 Å². The van der Waals surface area contributed by atoms with Crippen LogP contribution in [-0.4, -0.2) is 167 Å². The van der Waals surface area contributed by atoms with E-state index in [-0.39, 0.29) is 30.1 Å². The van der Waals surface area contributed by atoms with Crippen molar-refractivity contribution in [3.05, 3.63) is 53.6 Å². The summed E-state index contributed by atoms with van der Waals surface area (Å²) in [6.07, 6.45) is -21.1. The molecule has 3 heterocycles. The Balaban J connectivity index is 1.43. The highest BCUT2D eigenvalue weighted by Gasteiger charge is 2.53. The van der Waals surface area contributed by atoms with Gasteiger partial charge in [0.25, 0.3) is 0 Å². The van der Waals surface area contributed by atoms with E-state index in [1.54, 1.807) is 0 Å². The number of hydrogen-bond donors (Lipinski definition) is 11. The zero-order chi connectivity index (χ0) is 39.4. The van der Waals surface area contributed by atoms with Crippen LogP contribution in [0, 0.1) is 0 Å². The van der Waals surface area contributed by atoms with E-state index in [1.807, 2.05) is 0 Å². The average molecular weight is 771 g/mol. The van der Waals surface area contributed by atoms with Crippen molar-refractivity contribution in [2.45, 2.75) is 112 Å². The first-order valence-electron chi connectivity index (χ1n) is 17.1. The third-order valence-corrected chi connectivity index (χ3v) is 9.32. The zero-order valence-electron chi connectivity index (χ0n) is 29.1. The molecule has 3 aliphatic rings. The van der Waals surface area contributed by atoms with Gasteiger partial charge < -0.3 is 89.3 Å². The summed E-state index contributed by atoms with van der Waals surface area (Å²) in [7, 11) is 0. The molecule has 0 amide bonds. The smallest absolute Gasteiger partial charge is 0.331 e. The molecule has 0 saturated carbocycles. The first-order chi connectivity index (χ1) is 25.5. The molecule has 0 aliphatic carbocycles. The second kappa shape index (κ2) is 17.9. The van der Waals surface area contributed by atoms with Crippen LogP contribution in [0.1, 0.15) is 25.0 Å². The topological polar surface area (TPSA) is 304 Å². The summed E-state index contributed by atoms with van der Waals surface area (Å²) in [5.41, 5.74) is 0.811. The number of carbonyl (C=O) groups excluding carboxylic acids is 1. The van der Waals surface area contributed by atoms with Crippen molar-refractivity contribution < 1.29 is 94.1 Å². The highest BCUT2D eigenvalue weighted by Crippen LogP contribution is 2.33. The number of benzene rings is 2. The standard InChI is InChI=1S/C35H46O19/c1-14-24(41)26(43)28(45)33(50-14)49-13-22-31(53-23(40)8-5-16-3-6-18(36)20(38)11-16)32(54-35-29(46)27(44)25(42)15(2)51-35)30(47)34(52-22)48-10-9-17-4-7-19(37)21(39)12-17/h3-8,11-12,14-15,22,24-39,41-47H,9-10,13H2,1-2H3/b8-5+/t14-,15?,22?,24?,25+,26?,27?,28+,29+,30+,31-,32?,33?,34-,35+/m1/s1. The van der Waals surface area contributed by atoms with Gasteiger partial charge in [0, 0.05) is 6.08 Å². The fourth-order valence-corrected chi connectivity index (χ4v) is 6.08. The number of esters is 1. The molecule has 5 rings (SSSR count). The van der Waals surface area contributed by atoms with Crippen molar-refractivity contribution in [3.63, 3.8) is 0 Å². The van der Waals surface area contributed by atoms with E-state index < -0.39 is 116 Å². The number of carbonyl (C=O) groups is 1. The number of ether oxygens (including phenoxy) is 7. The van der Waals surface area contributed by atoms with Crippen molar-refractivity contribution in [3.8, 4) is 23.0 Å². The lowest BCUT2D eigenvalue weighted by Gasteiger charge is -2.47. The highest BCUT2D eigenvalue weighted by molar-refractivity contribution is 5.87. The Morgan fingerprint density at radius 3 is 1.85 bits per heavy atom. The molecule has 54 heavy (non-hydrogen) atoms. The second-order valence-electron chi connectivity index (χ2n) is 13.3. The summed E-state index contributed by atoms with van der Waals surface area (Å²) in [6.45, 7) is 2.06. The predicted octanol–water partition coefficient (Wildman–Crippen LogP) is -2.16. The summed E-state index contributed by atoms with van der Waals surface area (Å²) in [5, 5.41) is 113. The molecule has 2 aromatic carbocycles. The maximum atomic E-state index is 13.3. The molecular formula is C35H46O19. The molecule has 15 atom stereocenters. The lowest BCUT2D eigenvalue weighted by molar-refractivity contribution is -0.363. The Labute approximate surface area is 308 Å². The SMILES string of the molecule is CC1O[C@@H](OC2[C@H](OC(=O)/C=C/c3ccc(O)c(O)c3)C(COC3O[C@H](C)C(O)C(O)[C@@H]3O)O[C@@H](OCCc3ccc(O)c(O)c3)[C@H]2O)[C@@H](O)C(O)[C@H]1O. The molecule has 19 nitrogen and oxygen atoms in total. The normalized spacial score (nSPS) is 37.3. The summed E-state index contributed by atoms with van der Waals surface area (Å²) in [6, 6.07) is 7.83. The van der Waals surface area contributed by atoms with Crippen molar-refractivity contribution >= 4 is 12.0 Å². The van der Waals surface area contributed by atoms with Gasteiger partial charge >= 0.3 is 5.97 Å². The number of rotatable bonds is 12. The van der Waals surface area contributed by atoms with E-state index in [4.69, 9.17) is 33.2 Å². The summed E-state index contributed by atoms with van der Waals surface area (Å²) in [4.78, 5) is 13.3. The minimum atomic E-state index is -1.86. The van der Waals surface area contributed by atoms with Crippen LogP contribution in [-0.2, 0) is 44.4 Å². The highest BCUT2D eigenvalue weighted by atomic mass is 16.8. The number of aromatic hydroxyl groups is 4. The van der Waals surface area contributed by atoms with Crippen molar-refractivity contribution in [2.75, 3.05) is 13.2 Å². The Hall–Kier alpha value is -3.67. The number of aliphatic hydroxyl groups excluding tert-OH is 7. The van der Waals surface area contributed by atoms with Crippen LogP contribution < -0.4 is 0 Å². The van der Waals surface area contributed by atoms with Gasteiger partial charge in [0.1, 0.15) is 54.9 Å². The minimum absolute atomic E-state index is 0.134. The first kappa shape index (κ1) is 41.5. The van der Waals surface area contributed by atoms with Crippen LogP contribution in [0.3, 0.4) is 0 Å². The molecule has 11 N–H and O–H groups in total. The van der Waals surface area contributed by atoms with Gasteiger partial charge in [-0.2, -0.15) is 0 Å². The van der Waals surface area contributed by atoms with Crippen molar-refractivity contribution in [2.24, 2.45) is 0 Å². The number of aliphatic hydroxyl groups is 7. The van der Waals surface area contributed by atoms with E-state index in [0.717, 1.165) is 6.08 Å². The third-order valence-electron chi connectivity index (χ3n) is 9.32. The van der Waals surface area contributed by atoms with E-state index in [0.29, 0.717) is 5.56 Å². The van der Waals surface area contributed by atoms with E-state index in [1.165, 1.54) is 56.3 Å². The number of hydrogen-bond acceptors (Lipinski definition) is 19. The van der Waals surface area contributed by atoms with Crippen molar-refractivity contribution in [1.82, 2.24) is 0 Å². The average Bonchev–Trinajstić information content (AvgIpc) is 3.14. The molecule has 3 saturated heterocycles. The van der Waals surface area contributed by atoms with Gasteiger partial charge in [-0.3, -0.25) is 0 Å². The van der Waals surface area contributed by atoms with Gasteiger partial charge in [-0.25, -0.2) is 4.79 Å². The lowest BCUT2D eigenvalue weighted by atomic mass is 9.96. The van der Waals surface area contributed by atoms with Gasteiger partial charge in [0.05, 0.1) is 25.4 Å². The van der Waals surface area contributed by atoms with E-state index in [9.17, 15) is 61.0 Å². The van der Waals surface area contributed by atoms with Gasteiger partial charge in [-0.15, -0.1) is 0 Å². The molecule has 3 aliphatic heterocycles. The van der Waals surface area contributed by atoms with Gasteiger partial charge in [0.15, 0.2) is 48.0 Å². The predicted molar refractivity (Wildman–Crippen MR) is 178 cm³/mol. The molecule has 0 bridgehead atoms. The van der Waals surface area contributed by atoms with Crippen molar-refractivity contribution in [1.29, 1.82) is 0 Å². The number of phenolic OH excluding ortho intramolecular Hbond substituents is 4. The molecule has 0 aromatic heterocycles.